The third kappa shape index (κ3) is 4.64. The predicted octanol–water partition coefficient (Wildman–Crippen LogP) is 0.916. The van der Waals surface area contributed by atoms with Gasteiger partial charge in [-0.25, -0.2) is 0 Å². The van der Waals surface area contributed by atoms with Crippen LogP contribution in [0.5, 0.6) is 0 Å². The van der Waals surface area contributed by atoms with Crippen LogP contribution in [-0.2, 0) is 4.79 Å². The van der Waals surface area contributed by atoms with Gasteiger partial charge in [0.05, 0.1) is 0 Å². The molecule has 0 radical (unpaired) electrons. The zero-order valence-electron chi connectivity index (χ0n) is 11.5. The van der Waals surface area contributed by atoms with E-state index in [0.29, 0.717) is 0 Å². The molecule has 1 heterocycles. The number of rotatable bonds is 3. The first-order valence-corrected chi connectivity index (χ1v) is 6.67. The molecule has 0 saturated carbocycles. The second kappa shape index (κ2) is 6.36. The monoisotopic (exact) mass is 241 g/mol. The van der Waals surface area contributed by atoms with Crippen LogP contribution in [0.3, 0.4) is 0 Å². The molecule has 0 spiro atoms. The minimum Gasteiger partial charge on any atom is -0.341 e. The molecule has 4 nitrogen and oxygen atoms in total. The summed E-state index contributed by atoms with van der Waals surface area (Å²) in [7, 11) is 0. The molecule has 0 atom stereocenters. The zero-order valence-corrected chi connectivity index (χ0v) is 11.5. The van der Waals surface area contributed by atoms with Crippen molar-refractivity contribution in [3.8, 4) is 0 Å². The third-order valence-electron chi connectivity index (χ3n) is 3.20. The molecule has 17 heavy (non-hydrogen) atoms. The molecular formula is C13H27N3O. The summed E-state index contributed by atoms with van der Waals surface area (Å²) in [6, 6.07) is 0. The summed E-state index contributed by atoms with van der Waals surface area (Å²) in [4.78, 5) is 16.6. The molecule has 0 aromatic rings. The molecule has 4 heteroatoms. The first kappa shape index (κ1) is 14.5. The van der Waals surface area contributed by atoms with E-state index in [1.54, 1.807) is 0 Å². The van der Waals surface area contributed by atoms with Gasteiger partial charge in [0.2, 0.25) is 5.91 Å². The topological polar surface area (TPSA) is 49.6 Å². The van der Waals surface area contributed by atoms with Gasteiger partial charge >= 0.3 is 0 Å². The van der Waals surface area contributed by atoms with Crippen LogP contribution in [0.1, 0.15) is 33.6 Å². The average Bonchev–Trinajstić information content (AvgIpc) is 2.49. The van der Waals surface area contributed by atoms with Crippen molar-refractivity contribution in [2.45, 2.75) is 33.6 Å². The number of hydrogen-bond acceptors (Lipinski definition) is 3. The first-order chi connectivity index (χ1) is 7.95. The van der Waals surface area contributed by atoms with Gasteiger partial charge in [-0.2, -0.15) is 0 Å². The van der Waals surface area contributed by atoms with E-state index in [1.165, 1.54) is 0 Å². The highest BCUT2D eigenvalue weighted by Gasteiger charge is 2.28. The molecular weight excluding hydrogens is 214 g/mol. The Labute approximate surface area is 105 Å². The molecule has 2 N–H and O–H groups in total. The van der Waals surface area contributed by atoms with Crippen LogP contribution >= 0.6 is 0 Å². The molecule has 1 fully saturated rings. The van der Waals surface area contributed by atoms with Crippen molar-refractivity contribution in [3.63, 3.8) is 0 Å². The van der Waals surface area contributed by atoms with Crippen LogP contribution in [0, 0.1) is 5.41 Å². The Bertz CT molecular complexity index is 248. The minimum absolute atomic E-state index is 0.258. The Hall–Kier alpha value is -0.610. The number of hydrogen-bond donors (Lipinski definition) is 1. The van der Waals surface area contributed by atoms with Gasteiger partial charge in [0.1, 0.15) is 0 Å². The van der Waals surface area contributed by atoms with Crippen molar-refractivity contribution in [1.82, 2.24) is 9.80 Å². The van der Waals surface area contributed by atoms with Crippen LogP contribution in [0.2, 0.25) is 0 Å². The smallest absolute Gasteiger partial charge is 0.227 e. The Morgan fingerprint density at radius 2 is 1.88 bits per heavy atom. The summed E-state index contributed by atoms with van der Waals surface area (Å²) < 4.78 is 0. The van der Waals surface area contributed by atoms with Crippen LogP contribution in [0.25, 0.3) is 0 Å². The molecule has 1 aliphatic rings. The lowest BCUT2D eigenvalue weighted by Gasteiger charge is -2.28. The SMILES string of the molecule is CC(C)(C)C(=O)N1CCCN(CCCN)CC1. The van der Waals surface area contributed by atoms with Crippen molar-refractivity contribution in [1.29, 1.82) is 0 Å². The van der Waals surface area contributed by atoms with Crippen molar-refractivity contribution < 1.29 is 4.79 Å². The molecule has 1 aliphatic heterocycles. The number of carbonyl (C=O) groups excluding carboxylic acids is 1. The van der Waals surface area contributed by atoms with Gasteiger partial charge in [0.15, 0.2) is 0 Å². The van der Waals surface area contributed by atoms with Gasteiger partial charge < -0.3 is 15.5 Å². The summed E-state index contributed by atoms with van der Waals surface area (Å²) >= 11 is 0. The Morgan fingerprint density at radius 3 is 2.47 bits per heavy atom. The van der Waals surface area contributed by atoms with Gasteiger partial charge in [-0.1, -0.05) is 20.8 Å². The van der Waals surface area contributed by atoms with E-state index in [2.05, 4.69) is 4.90 Å². The summed E-state index contributed by atoms with van der Waals surface area (Å²) in [5.41, 5.74) is 5.27. The highest BCUT2D eigenvalue weighted by Crippen LogP contribution is 2.18. The standard InChI is InChI=1S/C13H27N3O/c1-13(2,3)12(17)16-9-5-8-15(10-11-16)7-4-6-14/h4-11,14H2,1-3H3. The van der Waals surface area contributed by atoms with Crippen LogP contribution in [-0.4, -0.2) is 55.0 Å². The maximum atomic E-state index is 12.2. The maximum absolute atomic E-state index is 12.2. The first-order valence-electron chi connectivity index (χ1n) is 6.67. The molecule has 0 aliphatic carbocycles. The van der Waals surface area contributed by atoms with Crippen molar-refractivity contribution in [2.24, 2.45) is 11.1 Å². The Morgan fingerprint density at radius 1 is 1.18 bits per heavy atom. The summed E-state index contributed by atoms with van der Waals surface area (Å²) in [5, 5.41) is 0. The fourth-order valence-corrected chi connectivity index (χ4v) is 2.19. The Kier molecular flexibility index (Phi) is 5.40. The summed E-state index contributed by atoms with van der Waals surface area (Å²) in [5.74, 6) is 0.276. The quantitative estimate of drug-likeness (QED) is 0.799. The molecule has 0 aromatic carbocycles. The predicted molar refractivity (Wildman–Crippen MR) is 70.8 cm³/mol. The maximum Gasteiger partial charge on any atom is 0.227 e. The number of nitrogens with zero attached hydrogens (tertiary/aromatic N) is 2. The molecule has 1 saturated heterocycles. The highest BCUT2D eigenvalue weighted by atomic mass is 16.2. The van der Waals surface area contributed by atoms with Gasteiger partial charge in [0, 0.05) is 25.0 Å². The molecule has 1 amide bonds. The fourth-order valence-electron chi connectivity index (χ4n) is 2.19. The minimum atomic E-state index is -0.258. The van der Waals surface area contributed by atoms with Gasteiger partial charge in [-0.3, -0.25) is 4.79 Å². The van der Waals surface area contributed by atoms with Crippen molar-refractivity contribution in [2.75, 3.05) is 39.3 Å². The molecule has 0 aromatic heterocycles. The average molecular weight is 241 g/mol. The van der Waals surface area contributed by atoms with Gasteiger partial charge in [0.25, 0.3) is 0 Å². The van der Waals surface area contributed by atoms with Crippen molar-refractivity contribution in [3.05, 3.63) is 0 Å². The van der Waals surface area contributed by atoms with Gasteiger partial charge in [-0.05, 0) is 32.5 Å². The molecule has 100 valence electrons. The van der Waals surface area contributed by atoms with Crippen LogP contribution in [0.4, 0.5) is 0 Å². The summed E-state index contributed by atoms with van der Waals surface area (Å²) in [6.07, 6.45) is 2.12. The van der Waals surface area contributed by atoms with E-state index in [1.807, 2.05) is 25.7 Å². The zero-order chi connectivity index (χ0) is 12.9. The van der Waals surface area contributed by atoms with E-state index in [4.69, 9.17) is 5.73 Å². The largest absolute Gasteiger partial charge is 0.341 e. The lowest BCUT2D eigenvalue weighted by atomic mass is 9.94. The molecule has 1 rings (SSSR count). The lowest BCUT2D eigenvalue weighted by molar-refractivity contribution is -0.139. The van der Waals surface area contributed by atoms with E-state index in [-0.39, 0.29) is 11.3 Å². The molecule has 0 bridgehead atoms. The second-order valence-electron chi connectivity index (χ2n) is 5.88. The lowest BCUT2D eigenvalue weighted by Crippen LogP contribution is -2.41. The normalized spacial score (nSPS) is 19.2. The van der Waals surface area contributed by atoms with E-state index < -0.39 is 0 Å². The van der Waals surface area contributed by atoms with Crippen LogP contribution in [0.15, 0.2) is 0 Å². The second-order valence-corrected chi connectivity index (χ2v) is 5.88. The number of nitrogens with two attached hydrogens (primary N) is 1. The Balaban J connectivity index is 2.45. The number of carbonyl (C=O) groups is 1. The van der Waals surface area contributed by atoms with Gasteiger partial charge in [-0.15, -0.1) is 0 Å². The third-order valence-corrected chi connectivity index (χ3v) is 3.20. The van der Waals surface area contributed by atoms with E-state index in [9.17, 15) is 4.79 Å². The van der Waals surface area contributed by atoms with E-state index in [0.717, 1.165) is 52.1 Å². The summed E-state index contributed by atoms with van der Waals surface area (Å²) in [6.45, 7) is 11.6. The fraction of sp³-hybridized carbons (Fsp3) is 0.923. The number of amides is 1. The van der Waals surface area contributed by atoms with Crippen LogP contribution < -0.4 is 5.73 Å². The molecule has 0 unspecified atom stereocenters. The van der Waals surface area contributed by atoms with Crippen molar-refractivity contribution >= 4 is 5.91 Å². The highest BCUT2D eigenvalue weighted by molar-refractivity contribution is 5.81. The van der Waals surface area contributed by atoms with E-state index >= 15 is 0 Å².